The van der Waals surface area contributed by atoms with Crippen LogP contribution in [0.3, 0.4) is 0 Å². The summed E-state index contributed by atoms with van der Waals surface area (Å²) in [6.07, 6.45) is 4.78. The predicted octanol–water partition coefficient (Wildman–Crippen LogP) is 3.88. The fourth-order valence-corrected chi connectivity index (χ4v) is 3.53. The number of carbonyl (C=O) groups is 2. The molecule has 0 saturated carbocycles. The summed E-state index contributed by atoms with van der Waals surface area (Å²) in [4.78, 5) is 24.4. The van der Waals surface area contributed by atoms with E-state index in [0.717, 1.165) is 29.4 Å². The molecular formula is C22H30N2O4. The van der Waals surface area contributed by atoms with Crippen molar-refractivity contribution in [3.05, 3.63) is 35.1 Å². The first-order chi connectivity index (χ1) is 13.0. The average molecular weight is 386 g/mol. The van der Waals surface area contributed by atoms with Crippen molar-refractivity contribution >= 4 is 23.0 Å². The number of hydrogen-bond acceptors (Lipinski definition) is 4. The van der Waals surface area contributed by atoms with Gasteiger partial charge in [0, 0.05) is 17.5 Å². The molecule has 0 unspecified atom stereocenters. The van der Waals surface area contributed by atoms with Crippen LogP contribution in [-0.4, -0.2) is 29.7 Å². The number of alkyl carbamates (subject to hydrolysis) is 1. The second-order valence-electron chi connectivity index (χ2n) is 9.20. The van der Waals surface area contributed by atoms with Crippen LogP contribution in [0.1, 0.15) is 57.7 Å². The van der Waals surface area contributed by atoms with Gasteiger partial charge in [-0.3, -0.25) is 4.79 Å². The lowest BCUT2D eigenvalue weighted by Crippen LogP contribution is -2.52. The van der Waals surface area contributed by atoms with Gasteiger partial charge in [0.15, 0.2) is 0 Å². The minimum Gasteiger partial charge on any atom is -0.464 e. The number of fused-ring (bicyclic) bond motifs is 2. The number of aryl methyl sites for hydroxylation is 2. The number of rotatable bonds is 5. The highest BCUT2D eigenvalue weighted by Gasteiger charge is 2.24. The second-order valence-corrected chi connectivity index (χ2v) is 9.20. The maximum Gasteiger partial charge on any atom is 0.407 e. The quantitative estimate of drug-likeness (QED) is 0.817. The van der Waals surface area contributed by atoms with Crippen LogP contribution in [0.4, 0.5) is 4.79 Å². The van der Waals surface area contributed by atoms with Crippen molar-refractivity contribution < 1.29 is 18.7 Å². The monoisotopic (exact) mass is 386 g/mol. The molecule has 0 radical (unpaired) electrons. The lowest BCUT2D eigenvalue weighted by atomic mass is 10.0. The van der Waals surface area contributed by atoms with E-state index < -0.39 is 17.2 Å². The highest BCUT2D eigenvalue weighted by molar-refractivity contribution is 5.89. The maximum absolute atomic E-state index is 12.6. The molecule has 1 aliphatic carbocycles. The van der Waals surface area contributed by atoms with Gasteiger partial charge < -0.3 is 19.8 Å². The van der Waals surface area contributed by atoms with Crippen LogP contribution in [0.25, 0.3) is 11.0 Å². The van der Waals surface area contributed by atoms with Crippen molar-refractivity contribution in [1.29, 1.82) is 0 Å². The number of ether oxygens (including phenoxy) is 1. The molecule has 28 heavy (non-hydrogen) atoms. The Hall–Kier alpha value is -2.50. The Labute approximate surface area is 166 Å². The van der Waals surface area contributed by atoms with Crippen molar-refractivity contribution in [2.24, 2.45) is 0 Å². The number of hydrogen-bond donors (Lipinski definition) is 2. The van der Waals surface area contributed by atoms with E-state index in [1.807, 2.05) is 34.6 Å². The van der Waals surface area contributed by atoms with Crippen LogP contribution in [-0.2, 0) is 28.8 Å². The van der Waals surface area contributed by atoms with Gasteiger partial charge in [0.25, 0.3) is 0 Å². The van der Waals surface area contributed by atoms with Gasteiger partial charge in [0.1, 0.15) is 11.2 Å². The summed E-state index contributed by atoms with van der Waals surface area (Å²) in [7, 11) is 0. The molecule has 3 rings (SSSR count). The Morgan fingerprint density at radius 1 is 1.11 bits per heavy atom. The molecule has 1 aromatic heterocycles. The molecule has 0 aliphatic heterocycles. The molecule has 6 heteroatoms. The first-order valence-electron chi connectivity index (χ1n) is 9.82. The molecule has 152 valence electrons. The third-order valence-corrected chi connectivity index (χ3v) is 4.77. The van der Waals surface area contributed by atoms with Gasteiger partial charge in [0.05, 0.1) is 18.2 Å². The van der Waals surface area contributed by atoms with Crippen LogP contribution < -0.4 is 10.6 Å². The fourth-order valence-electron chi connectivity index (χ4n) is 3.53. The summed E-state index contributed by atoms with van der Waals surface area (Å²) >= 11 is 0. The summed E-state index contributed by atoms with van der Waals surface area (Å²) in [5.41, 5.74) is 3.28. The molecule has 2 aromatic rings. The molecule has 0 fully saturated rings. The van der Waals surface area contributed by atoms with Crippen LogP contribution in [0.2, 0.25) is 0 Å². The molecule has 2 N–H and O–H groups in total. The van der Waals surface area contributed by atoms with Crippen LogP contribution in [0.15, 0.2) is 22.8 Å². The molecular weight excluding hydrogens is 356 g/mol. The zero-order valence-corrected chi connectivity index (χ0v) is 17.4. The number of furan rings is 1. The summed E-state index contributed by atoms with van der Waals surface area (Å²) in [5, 5.41) is 6.70. The lowest BCUT2D eigenvalue weighted by Gasteiger charge is -2.27. The van der Waals surface area contributed by atoms with E-state index in [-0.39, 0.29) is 18.9 Å². The normalized spacial score (nSPS) is 14.0. The van der Waals surface area contributed by atoms with Gasteiger partial charge in [-0.25, -0.2) is 4.79 Å². The standard InChI is InChI=1S/C22H30N2O4/c1-21(2,3)28-20(26)23-13-22(4,5)24-19(25)11-16-12-27-18-10-15-8-6-7-14(15)9-17(16)18/h9-10,12H,6-8,11,13H2,1-5H3,(H,23,26)(H,24,25). The van der Waals surface area contributed by atoms with Gasteiger partial charge in [0.2, 0.25) is 5.91 Å². The minimum absolute atomic E-state index is 0.112. The molecule has 0 saturated heterocycles. The molecule has 1 aliphatic rings. The fraction of sp³-hybridized carbons (Fsp3) is 0.545. The van der Waals surface area contributed by atoms with Gasteiger partial charge in [-0.15, -0.1) is 0 Å². The van der Waals surface area contributed by atoms with E-state index in [0.29, 0.717) is 0 Å². The third-order valence-electron chi connectivity index (χ3n) is 4.77. The number of amides is 2. The summed E-state index contributed by atoms with van der Waals surface area (Å²) in [6.45, 7) is 9.43. The van der Waals surface area contributed by atoms with Crippen LogP contribution in [0.5, 0.6) is 0 Å². The SMILES string of the molecule is CC(C)(CNC(=O)OC(C)(C)C)NC(=O)Cc1coc2cc3c(cc12)CCC3. The van der Waals surface area contributed by atoms with Gasteiger partial charge >= 0.3 is 6.09 Å². The number of benzene rings is 1. The second kappa shape index (κ2) is 7.49. The largest absolute Gasteiger partial charge is 0.464 e. The number of nitrogens with one attached hydrogen (secondary N) is 2. The summed E-state index contributed by atoms with van der Waals surface area (Å²) in [5.74, 6) is -0.112. The Morgan fingerprint density at radius 3 is 2.46 bits per heavy atom. The predicted molar refractivity (Wildman–Crippen MR) is 108 cm³/mol. The van der Waals surface area contributed by atoms with Crippen molar-refractivity contribution in [3.8, 4) is 0 Å². The smallest absolute Gasteiger partial charge is 0.407 e. The molecule has 0 spiro atoms. The van der Waals surface area contributed by atoms with E-state index in [1.165, 1.54) is 17.5 Å². The molecule has 6 nitrogen and oxygen atoms in total. The first kappa shape index (κ1) is 20.2. The van der Waals surface area contributed by atoms with Gasteiger partial charge in [-0.2, -0.15) is 0 Å². The zero-order valence-electron chi connectivity index (χ0n) is 17.4. The molecule has 2 amide bonds. The third kappa shape index (κ3) is 5.06. The highest BCUT2D eigenvalue weighted by atomic mass is 16.6. The van der Waals surface area contributed by atoms with Crippen LogP contribution >= 0.6 is 0 Å². The number of carbonyl (C=O) groups excluding carboxylic acids is 2. The molecule has 0 atom stereocenters. The Kier molecular flexibility index (Phi) is 5.41. The van der Waals surface area contributed by atoms with Crippen molar-refractivity contribution in [2.75, 3.05) is 6.54 Å². The van der Waals surface area contributed by atoms with Crippen LogP contribution in [0, 0.1) is 0 Å². The minimum atomic E-state index is -0.602. The maximum atomic E-state index is 12.6. The average Bonchev–Trinajstić information content (AvgIpc) is 3.16. The molecule has 1 heterocycles. The van der Waals surface area contributed by atoms with E-state index in [9.17, 15) is 9.59 Å². The van der Waals surface area contributed by atoms with Crippen molar-refractivity contribution in [3.63, 3.8) is 0 Å². The highest BCUT2D eigenvalue weighted by Crippen LogP contribution is 2.30. The lowest BCUT2D eigenvalue weighted by molar-refractivity contribution is -0.122. The van der Waals surface area contributed by atoms with Crippen molar-refractivity contribution in [1.82, 2.24) is 10.6 Å². The Balaban J connectivity index is 1.59. The van der Waals surface area contributed by atoms with Gasteiger partial charge in [-0.05, 0) is 77.1 Å². The first-order valence-corrected chi connectivity index (χ1v) is 9.82. The summed E-state index contributed by atoms with van der Waals surface area (Å²) in [6, 6.07) is 4.27. The van der Waals surface area contributed by atoms with Crippen molar-refractivity contribution in [2.45, 2.75) is 71.4 Å². The van der Waals surface area contributed by atoms with E-state index in [4.69, 9.17) is 9.15 Å². The van der Waals surface area contributed by atoms with E-state index in [1.54, 1.807) is 6.26 Å². The molecule has 1 aromatic carbocycles. The zero-order chi connectivity index (χ0) is 20.5. The topological polar surface area (TPSA) is 80.6 Å². The van der Waals surface area contributed by atoms with Gasteiger partial charge in [-0.1, -0.05) is 0 Å². The van der Waals surface area contributed by atoms with E-state index in [2.05, 4.69) is 22.8 Å². The Bertz CT molecular complexity index is 890. The Morgan fingerprint density at radius 2 is 1.79 bits per heavy atom. The summed E-state index contributed by atoms with van der Waals surface area (Å²) < 4.78 is 10.9. The molecule has 0 bridgehead atoms. The van der Waals surface area contributed by atoms with E-state index >= 15 is 0 Å².